The average molecular weight is 200 g/mol. The summed E-state index contributed by atoms with van der Waals surface area (Å²) >= 11 is 0. The van der Waals surface area contributed by atoms with Crippen molar-refractivity contribution in [3.05, 3.63) is 0 Å². The van der Waals surface area contributed by atoms with Crippen LogP contribution in [0.2, 0.25) is 0 Å². The fourth-order valence-corrected chi connectivity index (χ4v) is 1.53. The van der Waals surface area contributed by atoms with Crippen molar-refractivity contribution < 1.29 is 14.7 Å². The van der Waals surface area contributed by atoms with E-state index in [-0.39, 0.29) is 13.2 Å². The number of piperazine rings is 1. The summed E-state index contributed by atoms with van der Waals surface area (Å²) in [4.78, 5) is 25.8. The Labute approximate surface area is 83.3 Å². The lowest BCUT2D eigenvalue weighted by atomic mass is 10.2. The second kappa shape index (κ2) is 4.95. The summed E-state index contributed by atoms with van der Waals surface area (Å²) in [5.74, 6) is -0.926. The lowest BCUT2D eigenvalue weighted by Crippen LogP contribution is -2.54. The van der Waals surface area contributed by atoms with E-state index in [1.807, 2.05) is 6.92 Å². The van der Waals surface area contributed by atoms with Gasteiger partial charge in [-0.15, -0.1) is 0 Å². The molecule has 1 saturated heterocycles. The first-order chi connectivity index (χ1) is 6.70. The van der Waals surface area contributed by atoms with Gasteiger partial charge in [0.15, 0.2) is 0 Å². The van der Waals surface area contributed by atoms with E-state index in [1.54, 1.807) is 4.90 Å². The van der Waals surface area contributed by atoms with Crippen LogP contribution in [0.15, 0.2) is 0 Å². The summed E-state index contributed by atoms with van der Waals surface area (Å²) in [5, 5.41) is 8.67. The zero-order valence-corrected chi connectivity index (χ0v) is 8.40. The number of aliphatic hydroxyl groups excluding tert-OH is 1. The molecule has 0 atom stereocenters. The molecular formula is C9H16N2O3. The SMILES string of the molecule is CCCN1CCN(CCO)C(=O)C1=O. The number of amides is 2. The van der Waals surface area contributed by atoms with Gasteiger partial charge in [0.2, 0.25) is 0 Å². The van der Waals surface area contributed by atoms with Gasteiger partial charge >= 0.3 is 11.8 Å². The van der Waals surface area contributed by atoms with Gasteiger partial charge in [-0.2, -0.15) is 0 Å². The predicted molar refractivity (Wildman–Crippen MR) is 50.5 cm³/mol. The number of β-amino-alcohol motifs (C(OH)–C–C–N with tert-alkyl or cyclic N) is 1. The first-order valence-electron chi connectivity index (χ1n) is 4.89. The van der Waals surface area contributed by atoms with Crippen LogP contribution >= 0.6 is 0 Å². The third-order valence-corrected chi connectivity index (χ3v) is 2.26. The molecule has 0 aliphatic carbocycles. The van der Waals surface area contributed by atoms with E-state index in [2.05, 4.69) is 0 Å². The number of carbonyl (C=O) groups is 2. The maximum atomic E-state index is 11.5. The number of hydrogen-bond donors (Lipinski definition) is 1. The molecule has 0 radical (unpaired) electrons. The van der Waals surface area contributed by atoms with E-state index in [9.17, 15) is 9.59 Å². The highest BCUT2D eigenvalue weighted by Crippen LogP contribution is 2.04. The average Bonchev–Trinajstić information content (AvgIpc) is 2.18. The highest BCUT2D eigenvalue weighted by Gasteiger charge is 2.31. The number of hydrogen-bond acceptors (Lipinski definition) is 3. The van der Waals surface area contributed by atoms with Crippen molar-refractivity contribution in [3.63, 3.8) is 0 Å². The molecule has 1 aliphatic rings. The van der Waals surface area contributed by atoms with E-state index in [0.29, 0.717) is 19.6 Å². The minimum Gasteiger partial charge on any atom is -0.395 e. The number of aliphatic hydroxyl groups is 1. The molecular weight excluding hydrogens is 184 g/mol. The Morgan fingerprint density at radius 1 is 1.14 bits per heavy atom. The molecule has 1 fully saturated rings. The molecule has 0 saturated carbocycles. The molecule has 0 bridgehead atoms. The van der Waals surface area contributed by atoms with Crippen LogP contribution in [0.5, 0.6) is 0 Å². The summed E-state index contributed by atoms with van der Waals surface area (Å²) < 4.78 is 0. The van der Waals surface area contributed by atoms with E-state index >= 15 is 0 Å². The molecule has 0 aromatic carbocycles. The minimum absolute atomic E-state index is 0.0905. The lowest BCUT2D eigenvalue weighted by molar-refractivity contribution is -0.156. The molecule has 1 rings (SSSR count). The summed E-state index contributed by atoms with van der Waals surface area (Å²) in [7, 11) is 0. The zero-order chi connectivity index (χ0) is 10.6. The van der Waals surface area contributed by atoms with E-state index in [1.165, 1.54) is 4.90 Å². The van der Waals surface area contributed by atoms with Crippen LogP contribution in [-0.4, -0.2) is 59.5 Å². The Morgan fingerprint density at radius 2 is 1.64 bits per heavy atom. The van der Waals surface area contributed by atoms with E-state index in [4.69, 9.17) is 5.11 Å². The normalized spacial score (nSPS) is 17.9. The molecule has 5 nitrogen and oxygen atoms in total. The maximum absolute atomic E-state index is 11.5. The molecule has 0 aromatic heterocycles. The van der Waals surface area contributed by atoms with Gasteiger partial charge in [0, 0.05) is 26.2 Å². The fraction of sp³-hybridized carbons (Fsp3) is 0.778. The Bertz CT molecular complexity index is 206. The second-order valence-electron chi connectivity index (χ2n) is 3.31. The standard InChI is InChI=1S/C9H16N2O3/c1-2-3-10-4-5-11(6-7-12)9(14)8(10)13/h12H,2-7H2,1H3. The van der Waals surface area contributed by atoms with Gasteiger partial charge in [-0.3, -0.25) is 9.59 Å². The minimum atomic E-state index is -0.487. The van der Waals surface area contributed by atoms with Crippen LogP contribution < -0.4 is 0 Å². The Kier molecular flexibility index (Phi) is 3.88. The third kappa shape index (κ3) is 2.23. The summed E-state index contributed by atoms with van der Waals surface area (Å²) in [6, 6.07) is 0. The lowest BCUT2D eigenvalue weighted by Gasteiger charge is -2.33. The highest BCUT2D eigenvalue weighted by atomic mass is 16.3. The van der Waals surface area contributed by atoms with Crippen LogP contribution in [0.1, 0.15) is 13.3 Å². The molecule has 80 valence electrons. The van der Waals surface area contributed by atoms with Crippen molar-refractivity contribution in [3.8, 4) is 0 Å². The fourth-order valence-electron chi connectivity index (χ4n) is 1.53. The Morgan fingerprint density at radius 3 is 2.07 bits per heavy atom. The van der Waals surface area contributed by atoms with Crippen molar-refractivity contribution in [2.75, 3.05) is 32.8 Å². The second-order valence-corrected chi connectivity index (χ2v) is 3.31. The quantitative estimate of drug-likeness (QED) is 0.596. The van der Waals surface area contributed by atoms with Crippen LogP contribution in [0.25, 0.3) is 0 Å². The molecule has 0 unspecified atom stereocenters. The van der Waals surface area contributed by atoms with Gasteiger partial charge in [0.05, 0.1) is 6.61 Å². The topological polar surface area (TPSA) is 60.9 Å². The monoisotopic (exact) mass is 200 g/mol. The molecule has 2 amide bonds. The molecule has 0 spiro atoms. The van der Waals surface area contributed by atoms with Gasteiger partial charge in [-0.1, -0.05) is 6.92 Å². The molecule has 5 heteroatoms. The van der Waals surface area contributed by atoms with Crippen molar-refractivity contribution in [2.24, 2.45) is 0 Å². The largest absolute Gasteiger partial charge is 0.395 e. The molecule has 1 N–H and O–H groups in total. The maximum Gasteiger partial charge on any atom is 0.312 e. The van der Waals surface area contributed by atoms with Gasteiger partial charge in [0.1, 0.15) is 0 Å². The summed E-state index contributed by atoms with van der Waals surface area (Å²) in [6.07, 6.45) is 0.860. The van der Waals surface area contributed by atoms with Crippen LogP contribution in [0.4, 0.5) is 0 Å². The summed E-state index contributed by atoms with van der Waals surface area (Å²) in [5.41, 5.74) is 0. The third-order valence-electron chi connectivity index (χ3n) is 2.26. The number of rotatable bonds is 4. The molecule has 14 heavy (non-hydrogen) atoms. The molecule has 1 aliphatic heterocycles. The van der Waals surface area contributed by atoms with Gasteiger partial charge in [0.25, 0.3) is 0 Å². The van der Waals surface area contributed by atoms with Crippen molar-refractivity contribution >= 4 is 11.8 Å². The number of nitrogens with zero attached hydrogens (tertiary/aromatic N) is 2. The first-order valence-corrected chi connectivity index (χ1v) is 4.89. The summed E-state index contributed by atoms with van der Waals surface area (Å²) in [6.45, 7) is 3.89. The van der Waals surface area contributed by atoms with Gasteiger partial charge < -0.3 is 14.9 Å². The van der Waals surface area contributed by atoms with Crippen LogP contribution in [0.3, 0.4) is 0 Å². The molecule has 1 heterocycles. The van der Waals surface area contributed by atoms with Gasteiger partial charge in [-0.05, 0) is 6.42 Å². The van der Waals surface area contributed by atoms with Crippen molar-refractivity contribution in [1.29, 1.82) is 0 Å². The number of carbonyl (C=O) groups excluding carboxylic acids is 2. The Balaban J connectivity index is 2.55. The van der Waals surface area contributed by atoms with E-state index < -0.39 is 11.8 Å². The van der Waals surface area contributed by atoms with E-state index in [0.717, 1.165) is 6.42 Å². The Hall–Kier alpha value is -1.10. The smallest absolute Gasteiger partial charge is 0.312 e. The van der Waals surface area contributed by atoms with Gasteiger partial charge in [-0.25, -0.2) is 0 Å². The van der Waals surface area contributed by atoms with Crippen molar-refractivity contribution in [1.82, 2.24) is 9.80 Å². The van der Waals surface area contributed by atoms with Crippen molar-refractivity contribution in [2.45, 2.75) is 13.3 Å². The first kappa shape index (κ1) is 11.0. The molecule has 0 aromatic rings. The zero-order valence-electron chi connectivity index (χ0n) is 8.40. The highest BCUT2D eigenvalue weighted by molar-refractivity contribution is 6.35. The predicted octanol–water partition coefficient (Wildman–Crippen LogP) is -0.940. The van der Waals surface area contributed by atoms with Crippen LogP contribution in [-0.2, 0) is 9.59 Å². The van der Waals surface area contributed by atoms with Crippen LogP contribution in [0, 0.1) is 0 Å².